The van der Waals surface area contributed by atoms with Crippen molar-refractivity contribution in [1.82, 2.24) is 9.88 Å². The maximum Gasteiger partial charge on any atom is 0.257 e. The Morgan fingerprint density at radius 2 is 2.09 bits per heavy atom. The minimum atomic E-state index is -0.172. The minimum absolute atomic E-state index is 0.125. The number of aromatic nitrogens is 1. The second-order valence-corrected chi connectivity index (χ2v) is 6.14. The monoisotopic (exact) mass is 312 g/mol. The molecule has 2 aromatic rings. The number of hydrogen-bond donors (Lipinski definition) is 1. The molecule has 1 aromatic carbocycles. The molecule has 0 unspecified atom stereocenters. The second-order valence-electron chi connectivity index (χ2n) is 6.14. The van der Waals surface area contributed by atoms with E-state index in [1.807, 2.05) is 12.1 Å². The average molecular weight is 312 g/mol. The molecule has 0 amide bonds. The maximum absolute atomic E-state index is 9.59. The zero-order valence-electron chi connectivity index (χ0n) is 12.9. The highest BCUT2D eigenvalue weighted by molar-refractivity contribution is 5.35. The molecular weight excluding hydrogens is 292 g/mol. The molecule has 0 bridgehead atoms. The summed E-state index contributed by atoms with van der Waals surface area (Å²) >= 11 is 0. The first-order valence-corrected chi connectivity index (χ1v) is 8.01. The minimum Gasteiger partial charge on any atom is -0.484 e. The zero-order chi connectivity index (χ0) is 15.6. The number of β-amino-alcohol motifs (C(OH)–C–C–N with tert-alkyl or cyclic N) is 1. The number of aliphatic hydroxyl groups is 1. The van der Waals surface area contributed by atoms with E-state index in [4.69, 9.17) is 9.47 Å². The number of benzene rings is 1. The fraction of sp³-hybridized carbons (Fsp3) is 0.389. The standard InChI is InChI=1S/C18H20N2O3/c21-15-7-9-20(11-15)10-13-3-5-14(6-4-13)17-12-22-16-2-1-8-19-18(16)23-17/h1-6,8,15,17,21H,7,9-12H2/t15-,17+/m0/s1. The molecule has 1 fully saturated rings. The second kappa shape index (κ2) is 6.18. The van der Waals surface area contributed by atoms with Crippen LogP contribution in [0, 0.1) is 0 Å². The van der Waals surface area contributed by atoms with Crippen molar-refractivity contribution in [3.63, 3.8) is 0 Å². The molecule has 120 valence electrons. The molecule has 1 N–H and O–H groups in total. The Balaban J connectivity index is 1.42. The first kappa shape index (κ1) is 14.5. The Morgan fingerprint density at radius 3 is 2.87 bits per heavy atom. The summed E-state index contributed by atoms with van der Waals surface area (Å²) in [6.07, 6.45) is 2.28. The molecule has 4 rings (SSSR count). The van der Waals surface area contributed by atoms with E-state index in [1.165, 1.54) is 5.56 Å². The number of aliphatic hydroxyl groups excluding tert-OH is 1. The number of fused-ring (bicyclic) bond motifs is 1. The van der Waals surface area contributed by atoms with E-state index in [-0.39, 0.29) is 12.2 Å². The Labute approximate surface area is 135 Å². The molecule has 0 radical (unpaired) electrons. The van der Waals surface area contributed by atoms with Crippen LogP contribution in [0.4, 0.5) is 0 Å². The molecule has 5 nitrogen and oxygen atoms in total. The molecule has 1 aromatic heterocycles. The lowest BCUT2D eigenvalue weighted by atomic mass is 10.1. The molecule has 0 spiro atoms. The first-order chi connectivity index (χ1) is 11.3. The summed E-state index contributed by atoms with van der Waals surface area (Å²) in [5.74, 6) is 1.26. The summed E-state index contributed by atoms with van der Waals surface area (Å²) in [7, 11) is 0. The van der Waals surface area contributed by atoms with Crippen molar-refractivity contribution in [2.24, 2.45) is 0 Å². The van der Waals surface area contributed by atoms with Crippen LogP contribution in [-0.4, -0.2) is 40.8 Å². The van der Waals surface area contributed by atoms with Gasteiger partial charge in [0.1, 0.15) is 6.61 Å². The molecule has 3 heterocycles. The summed E-state index contributed by atoms with van der Waals surface area (Å²) in [6.45, 7) is 3.11. The van der Waals surface area contributed by atoms with Crippen LogP contribution in [0.15, 0.2) is 42.6 Å². The summed E-state index contributed by atoms with van der Waals surface area (Å²) in [4.78, 5) is 6.49. The van der Waals surface area contributed by atoms with E-state index in [0.29, 0.717) is 18.2 Å². The van der Waals surface area contributed by atoms with Crippen molar-refractivity contribution < 1.29 is 14.6 Å². The summed E-state index contributed by atoms with van der Waals surface area (Å²) in [5, 5.41) is 9.59. The first-order valence-electron chi connectivity index (χ1n) is 8.01. The largest absolute Gasteiger partial charge is 0.484 e. The van der Waals surface area contributed by atoms with Crippen molar-refractivity contribution in [1.29, 1.82) is 0 Å². The highest BCUT2D eigenvalue weighted by atomic mass is 16.6. The summed E-state index contributed by atoms with van der Waals surface area (Å²) in [6, 6.07) is 12.1. The number of likely N-dealkylation sites (tertiary alicyclic amines) is 1. The van der Waals surface area contributed by atoms with Crippen LogP contribution in [-0.2, 0) is 6.54 Å². The van der Waals surface area contributed by atoms with Crippen LogP contribution in [0.3, 0.4) is 0 Å². The SMILES string of the molecule is O[C@H]1CCN(Cc2ccc([C@H]3COc4cccnc4O3)cc2)C1. The molecule has 2 aliphatic rings. The lowest BCUT2D eigenvalue weighted by Gasteiger charge is -2.25. The van der Waals surface area contributed by atoms with E-state index in [1.54, 1.807) is 6.20 Å². The normalized spacial score (nSPS) is 23.9. The zero-order valence-corrected chi connectivity index (χ0v) is 12.9. The fourth-order valence-corrected chi connectivity index (χ4v) is 3.12. The number of hydrogen-bond acceptors (Lipinski definition) is 5. The lowest BCUT2D eigenvalue weighted by molar-refractivity contribution is 0.0851. The maximum atomic E-state index is 9.59. The smallest absolute Gasteiger partial charge is 0.257 e. The number of nitrogens with zero attached hydrogens (tertiary/aromatic N) is 2. The predicted octanol–water partition coefficient (Wildman–Crippen LogP) is 2.16. The Kier molecular flexibility index (Phi) is 3.89. The van der Waals surface area contributed by atoms with Gasteiger partial charge in [0, 0.05) is 25.8 Å². The lowest BCUT2D eigenvalue weighted by Crippen LogP contribution is -2.23. The van der Waals surface area contributed by atoms with Gasteiger partial charge in [-0.05, 0) is 29.7 Å². The van der Waals surface area contributed by atoms with Gasteiger partial charge in [-0.3, -0.25) is 4.90 Å². The van der Waals surface area contributed by atoms with Gasteiger partial charge in [-0.25, -0.2) is 4.98 Å². The highest BCUT2D eigenvalue weighted by Crippen LogP contribution is 2.33. The van der Waals surface area contributed by atoms with E-state index < -0.39 is 0 Å². The molecule has 1 saturated heterocycles. The third-order valence-corrected chi connectivity index (χ3v) is 4.39. The van der Waals surface area contributed by atoms with Crippen LogP contribution < -0.4 is 9.47 Å². The summed E-state index contributed by atoms with van der Waals surface area (Å²) < 4.78 is 11.6. The van der Waals surface area contributed by atoms with Gasteiger partial charge in [-0.1, -0.05) is 24.3 Å². The number of ether oxygens (including phenoxy) is 2. The summed E-state index contributed by atoms with van der Waals surface area (Å²) in [5.41, 5.74) is 2.34. The van der Waals surface area contributed by atoms with Crippen molar-refractivity contribution in [3.05, 3.63) is 53.7 Å². The molecule has 5 heteroatoms. The van der Waals surface area contributed by atoms with Gasteiger partial charge in [0.25, 0.3) is 5.88 Å². The van der Waals surface area contributed by atoms with Crippen LogP contribution >= 0.6 is 0 Å². The van der Waals surface area contributed by atoms with Gasteiger partial charge in [-0.2, -0.15) is 0 Å². The topological polar surface area (TPSA) is 54.8 Å². The predicted molar refractivity (Wildman–Crippen MR) is 85.4 cm³/mol. The third kappa shape index (κ3) is 3.16. The molecule has 2 aliphatic heterocycles. The molecule has 0 saturated carbocycles. The van der Waals surface area contributed by atoms with Crippen molar-refractivity contribution in [2.45, 2.75) is 25.2 Å². The molecular formula is C18H20N2O3. The van der Waals surface area contributed by atoms with E-state index in [9.17, 15) is 5.11 Å². The fourth-order valence-electron chi connectivity index (χ4n) is 3.12. The van der Waals surface area contributed by atoms with Gasteiger partial charge in [0.2, 0.25) is 0 Å². The van der Waals surface area contributed by atoms with Crippen LogP contribution in [0.25, 0.3) is 0 Å². The quantitative estimate of drug-likeness (QED) is 0.941. The average Bonchev–Trinajstić information content (AvgIpc) is 3.00. The Bertz CT molecular complexity index is 674. The Hall–Kier alpha value is -2.11. The van der Waals surface area contributed by atoms with Gasteiger partial charge < -0.3 is 14.6 Å². The van der Waals surface area contributed by atoms with Crippen molar-refractivity contribution in [3.8, 4) is 11.6 Å². The van der Waals surface area contributed by atoms with Crippen molar-refractivity contribution >= 4 is 0 Å². The van der Waals surface area contributed by atoms with Crippen LogP contribution in [0.1, 0.15) is 23.7 Å². The van der Waals surface area contributed by atoms with E-state index >= 15 is 0 Å². The van der Waals surface area contributed by atoms with Gasteiger partial charge in [-0.15, -0.1) is 0 Å². The van der Waals surface area contributed by atoms with Gasteiger partial charge >= 0.3 is 0 Å². The number of rotatable bonds is 3. The van der Waals surface area contributed by atoms with Gasteiger partial charge in [0.15, 0.2) is 11.9 Å². The molecule has 23 heavy (non-hydrogen) atoms. The highest BCUT2D eigenvalue weighted by Gasteiger charge is 2.24. The van der Waals surface area contributed by atoms with E-state index in [0.717, 1.165) is 31.6 Å². The van der Waals surface area contributed by atoms with Crippen molar-refractivity contribution in [2.75, 3.05) is 19.7 Å². The van der Waals surface area contributed by atoms with Gasteiger partial charge in [0.05, 0.1) is 6.10 Å². The molecule has 2 atom stereocenters. The third-order valence-electron chi connectivity index (χ3n) is 4.39. The van der Waals surface area contributed by atoms with E-state index in [2.05, 4.69) is 34.1 Å². The molecule has 0 aliphatic carbocycles. The van der Waals surface area contributed by atoms with Crippen LogP contribution in [0.2, 0.25) is 0 Å². The number of pyridine rings is 1. The Morgan fingerprint density at radius 1 is 1.22 bits per heavy atom. The van der Waals surface area contributed by atoms with Crippen LogP contribution in [0.5, 0.6) is 11.6 Å².